The Morgan fingerprint density at radius 2 is 2.30 bits per heavy atom. The molecule has 4 nitrogen and oxygen atoms in total. The summed E-state index contributed by atoms with van der Waals surface area (Å²) in [4.78, 5) is 2.27. The van der Waals surface area contributed by atoms with E-state index in [4.69, 9.17) is 16.9 Å². The molecule has 0 saturated heterocycles. The third-order valence-corrected chi connectivity index (χ3v) is 3.88. The van der Waals surface area contributed by atoms with Crippen molar-refractivity contribution in [2.45, 2.75) is 19.5 Å². The smallest absolute Gasteiger partial charge is 0.128 e. The Morgan fingerprint density at radius 3 is 3.05 bits per heavy atom. The first-order valence-electron chi connectivity index (χ1n) is 6.59. The first-order chi connectivity index (χ1) is 9.69. The largest absolute Gasteiger partial charge is 0.302 e. The van der Waals surface area contributed by atoms with Crippen LogP contribution < -0.4 is 0 Å². The molecule has 1 aromatic heterocycles. The maximum atomic E-state index is 8.95. The zero-order valence-electron chi connectivity index (χ0n) is 11.3. The van der Waals surface area contributed by atoms with Gasteiger partial charge in [-0.1, -0.05) is 23.7 Å². The van der Waals surface area contributed by atoms with Crippen LogP contribution in [0.5, 0.6) is 0 Å². The Morgan fingerprint density at radius 1 is 1.45 bits per heavy atom. The molecule has 0 N–H and O–H groups in total. The van der Waals surface area contributed by atoms with Crippen LogP contribution in [0, 0.1) is 11.3 Å². The minimum absolute atomic E-state index is 0.298. The second-order valence-electron chi connectivity index (χ2n) is 5.09. The van der Waals surface area contributed by atoms with Gasteiger partial charge in [0, 0.05) is 41.4 Å². The van der Waals surface area contributed by atoms with Gasteiger partial charge in [0.25, 0.3) is 0 Å². The lowest BCUT2D eigenvalue weighted by molar-refractivity contribution is 0.308. The predicted octanol–water partition coefficient (Wildman–Crippen LogP) is 2.71. The topological polar surface area (TPSA) is 44.9 Å². The molecule has 0 aliphatic carbocycles. The summed E-state index contributed by atoms with van der Waals surface area (Å²) in [5, 5.41) is 14.3. The lowest BCUT2D eigenvalue weighted by Crippen LogP contribution is -2.27. The van der Waals surface area contributed by atoms with Crippen molar-refractivity contribution in [3.8, 4) is 17.3 Å². The van der Waals surface area contributed by atoms with E-state index in [-0.39, 0.29) is 0 Å². The summed E-state index contributed by atoms with van der Waals surface area (Å²) in [6.07, 6.45) is 0.932. The Labute approximate surface area is 123 Å². The van der Waals surface area contributed by atoms with Crippen LogP contribution in [0.4, 0.5) is 0 Å². The van der Waals surface area contributed by atoms with Crippen molar-refractivity contribution in [3.63, 3.8) is 0 Å². The van der Waals surface area contributed by atoms with E-state index in [1.807, 2.05) is 28.9 Å². The number of fused-ring (bicyclic) bond motifs is 1. The first kappa shape index (κ1) is 13.2. The molecule has 102 valence electrons. The van der Waals surface area contributed by atoms with Crippen molar-refractivity contribution < 1.29 is 0 Å². The normalized spacial score (nSPS) is 14.8. The molecule has 0 atom stereocenters. The Bertz CT molecular complexity index is 684. The van der Waals surface area contributed by atoms with Gasteiger partial charge in [-0.05, 0) is 19.2 Å². The molecule has 2 heterocycles. The fourth-order valence-electron chi connectivity index (χ4n) is 2.69. The van der Waals surface area contributed by atoms with E-state index < -0.39 is 0 Å². The van der Waals surface area contributed by atoms with E-state index in [9.17, 15) is 0 Å². The molecule has 3 rings (SSSR count). The van der Waals surface area contributed by atoms with Crippen LogP contribution in [-0.4, -0.2) is 28.3 Å². The van der Waals surface area contributed by atoms with Crippen molar-refractivity contribution in [1.82, 2.24) is 14.7 Å². The summed E-state index contributed by atoms with van der Waals surface area (Å²) in [6.45, 7) is 2.16. The lowest BCUT2D eigenvalue weighted by atomic mass is 10.0. The summed E-state index contributed by atoms with van der Waals surface area (Å²) in [5.41, 5.74) is 4.36. The van der Waals surface area contributed by atoms with E-state index in [1.165, 1.54) is 11.3 Å². The molecular formula is C15H15ClN4. The maximum absolute atomic E-state index is 8.95. The highest BCUT2D eigenvalue weighted by molar-refractivity contribution is 6.30. The van der Waals surface area contributed by atoms with E-state index in [0.29, 0.717) is 11.6 Å². The minimum Gasteiger partial charge on any atom is -0.302 e. The standard InChI is InChI=1S/C15H15ClN4/c1-19-7-5-14-13(10-19)15(18-20(14)8-6-17)11-3-2-4-12(16)9-11/h2-4,9H,5,7-8,10H2,1H3. The highest BCUT2D eigenvalue weighted by Crippen LogP contribution is 2.30. The van der Waals surface area contributed by atoms with Crippen LogP contribution in [0.1, 0.15) is 11.3 Å². The molecule has 0 saturated carbocycles. The molecule has 1 aliphatic heterocycles. The van der Waals surface area contributed by atoms with Crippen molar-refractivity contribution >= 4 is 11.6 Å². The second kappa shape index (κ2) is 5.28. The molecule has 0 fully saturated rings. The number of benzene rings is 1. The number of likely N-dealkylation sites (N-methyl/N-ethyl adjacent to an activating group) is 1. The predicted molar refractivity (Wildman–Crippen MR) is 78.3 cm³/mol. The molecule has 1 aromatic carbocycles. The fraction of sp³-hybridized carbons (Fsp3) is 0.333. The van der Waals surface area contributed by atoms with Crippen LogP contribution in [0.2, 0.25) is 5.02 Å². The fourth-order valence-corrected chi connectivity index (χ4v) is 2.88. The number of hydrogen-bond donors (Lipinski definition) is 0. The molecule has 2 aromatic rings. The summed E-state index contributed by atoms with van der Waals surface area (Å²) >= 11 is 6.08. The highest BCUT2D eigenvalue weighted by Gasteiger charge is 2.23. The van der Waals surface area contributed by atoms with Gasteiger partial charge in [-0.2, -0.15) is 10.4 Å². The van der Waals surface area contributed by atoms with E-state index in [0.717, 1.165) is 30.8 Å². The van der Waals surface area contributed by atoms with Gasteiger partial charge in [-0.25, -0.2) is 0 Å². The average molecular weight is 287 g/mol. The van der Waals surface area contributed by atoms with E-state index in [1.54, 1.807) is 0 Å². The van der Waals surface area contributed by atoms with Crippen LogP contribution >= 0.6 is 11.6 Å². The van der Waals surface area contributed by atoms with Gasteiger partial charge in [0.15, 0.2) is 0 Å². The first-order valence-corrected chi connectivity index (χ1v) is 6.97. The Hall–Kier alpha value is -1.83. The van der Waals surface area contributed by atoms with Crippen molar-refractivity contribution in [3.05, 3.63) is 40.5 Å². The second-order valence-corrected chi connectivity index (χ2v) is 5.52. The van der Waals surface area contributed by atoms with Gasteiger partial charge in [-0.3, -0.25) is 4.68 Å². The van der Waals surface area contributed by atoms with Crippen LogP contribution in [0.25, 0.3) is 11.3 Å². The van der Waals surface area contributed by atoms with Gasteiger partial charge in [0.05, 0.1) is 11.8 Å². The monoisotopic (exact) mass is 286 g/mol. The van der Waals surface area contributed by atoms with Gasteiger partial charge in [0.2, 0.25) is 0 Å². The molecule has 0 radical (unpaired) electrons. The summed E-state index contributed by atoms with van der Waals surface area (Å²) in [7, 11) is 2.10. The van der Waals surface area contributed by atoms with Gasteiger partial charge in [-0.15, -0.1) is 0 Å². The maximum Gasteiger partial charge on any atom is 0.128 e. The number of aromatic nitrogens is 2. The number of halogens is 1. The van der Waals surface area contributed by atoms with Crippen molar-refractivity contribution in [2.75, 3.05) is 13.6 Å². The number of nitriles is 1. The molecular weight excluding hydrogens is 272 g/mol. The third-order valence-electron chi connectivity index (χ3n) is 3.64. The number of nitrogens with zero attached hydrogens (tertiary/aromatic N) is 4. The van der Waals surface area contributed by atoms with Gasteiger partial charge >= 0.3 is 0 Å². The SMILES string of the molecule is CN1CCc2c(c(-c3cccc(Cl)c3)nn2CC#N)C1. The average Bonchev–Trinajstić information content (AvgIpc) is 2.77. The summed E-state index contributed by atoms with van der Waals surface area (Å²) in [5.74, 6) is 0. The van der Waals surface area contributed by atoms with E-state index in [2.05, 4.69) is 23.1 Å². The minimum atomic E-state index is 0.298. The van der Waals surface area contributed by atoms with Crippen molar-refractivity contribution in [1.29, 1.82) is 5.26 Å². The zero-order valence-corrected chi connectivity index (χ0v) is 12.1. The van der Waals surface area contributed by atoms with Crippen LogP contribution in [0.15, 0.2) is 24.3 Å². The van der Waals surface area contributed by atoms with E-state index >= 15 is 0 Å². The molecule has 0 amide bonds. The molecule has 0 bridgehead atoms. The number of hydrogen-bond acceptors (Lipinski definition) is 3. The number of rotatable bonds is 2. The molecule has 5 heteroatoms. The molecule has 1 aliphatic rings. The highest BCUT2D eigenvalue weighted by atomic mass is 35.5. The zero-order chi connectivity index (χ0) is 14.1. The third kappa shape index (κ3) is 2.31. The van der Waals surface area contributed by atoms with Gasteiger partial charge < -0.3 is 4.90 Å². The van der Waals surface area contributed by atoms with Gasteiger partial charge in [0.1, 0.15) is 6.54 Å². The molecule has 0 spiro atoms. The molecule has 0 unspecified atom stereocenters. The summed E-state index contributed by atoms with van der Waals surface area (Å²) < 4.78 is 1.83. The van der Waals surface area contributed by atoms with Crippen LogP contribution in [0.3, 0.4) is 0 Å². The molecule has 20 heavy (non-hydrogen) atoms. The lowest BCUT2D eigenvalue weighted by Gasteiger charge is -2.23. The van der Waals surface area contributed by atoms with Crippen molar-refractivity contribution in [2.24, 2.45) is 0 Å². The quantitative estimate of drug-likeness (QED) is 0.853. The summed E-state index contributed by atoms with van der Waals surface area (Å²) in [6, 6.07) is 9.91. The Kier molecular flexibility index (Phi) is 3.47. The Balaban J connectivity index is 2.13. The van der Waals surface area contributed by atoms with Crippen LogP contribution in [-0.2, 0) is 19.5 Å².